The maximum atomic E-state index is 12.8. The smallest absolute Gasteiger partial charge is 0.268 e. The largest absolute Gasteiger partial charge is 0.756 e. The molecule has 0 aromatic rings. The van der Waals surface area contributed by atoms with Crippen molar-refractivity contribution in [3.05, 3.63) is 48.6 Å². The van der Waals surface area contributed by atoms with E-state index in [1.54, 1.807) is 6.08 Å². The second-order valence-corrected chi connectivity index (χ2v) is 17.1. The van der Waals surface area contributed by atoms with Crippen LogP contribution >= 0.6 is 7.82 Å². The average Bonchev–Trinajstić information content (AvgIpc) is 3.10. The standard InChI is InChI=1S/C44H83N2O6P/c1-6-8-10-12-14-15-16-17-18-19-20-21-22-23-24-25-26-27-28-29-30-31-32-34-36-38-44(48)45-42(43(47)37-35-33-13-11-9-7-2)41-52-53(49,50)51-40-39-46(3,4)5/h16-17,19-20,22-23,35,37,42-43,47H,6-15,18,21,24-34,36,38-41H2,1-5H3,(H-,45,48,49,50)/b17-16-,20-19-,23-22-,37-35+. The van der Waals surface area contributed by atoms with Crippen LogP contribution in [0.1, 0.15) is 174 Å². The lowest BCUT2D eigenvalue weighted by atomic mass is 10.0. The van der Waals surface area contributed by atoms with E-state index in [1.807, 2.05) is 27.2 Å². The van der Waals surface area contributed by atoms with Gasteiger partial charge in [0.15, 0.2) is 0 Å². The molecule has 0 saturated heterocycles. The van der Waals surface area contributed by atoms with E-state index < -0.39 is 20.0 Å². The number of quaternary nitrogens is 1. The van der Waals surface area contributed by atoms with Crippen LogP contribution in [0.25, 0.3) is 0 Å². The Labute approximate surface area is 327 Å². The number of unbranched alkanes of at least 4 members (excludes halogenated alkanes) is 19. The first-order valence-corrected chi connectivity index (χ1v) is 23.0. The number of likely N-dealkylation sites (N-methyl/N-ethyl adjacent to an activating group) is 1. The lowest BCUT2D eigenvalue weighted by Crippen LogP contribution is -2.45. The van der Waals surface area contributed by atoms with E-state index in [1.165, 1.54) is 96.3 Å². The predicted molar refractivity (Wildman–Crippen MR) is 224 cm³/mol. The zero-order chi connectivity index (χ0) is 39.3. The summed E-state index contributed by atoms with van der Waals surface area (Å²) in [7, 11) is 1.25. The Morgan fingerprint density at radius 1 is 0.660 bits per heavy atom. The summed E-state index contributed by atoms with van der Waals surface area (Å²) in [4.78, 5) is 25.1. The highest BCUT2D eigenvalue weighted by Crippen LogP contribution is 2.38. The van der Waals surface area contributed by atoms with Crippen LogP contribution in [0.4, 0.5) is 0 Å². The number of hydrogen-bond donors (Lipinski definition) is 2. The van der Waals surface area contributed by atoms with Crippen molar-refractivity contribution in [3.63, 3.8) is 0 Å². The van der Waals surface area contributed by atoms with Gasteiger partial charge >= 0.3 is 0 Å². The monoisotopic (exact) mass is 767 g/mol. The van der Waals surface area contributed by atoms with Crippen molar-refractivity contribution in [1.29, 1.82) is 0 Å². The predicted octanol–water partition coefficient (Wildman–Crippen LogP) is 11.1. The second-order valence-electron chi connectivity index (χ2n) is 15.7. The third-order valence-corrected chi connectivity index (χ3v) is 10.2. The van der Waals surface area contributed by atoms with Crippen molar-refractivity contribution in [3.8, 4) is 0 Å². The minimum Gasteiger partial charge on any atom is -0.756 e. The molecule has 8 nitrogen and oxygen atoms in total. The van der Waals surface area contributed by atoms with Crippen LogP contribution in [0.2, 0.25) is 0 Å². The SMILES string of the molecule is CCCCCC/C=C/C(O)C(COP(=O)([O-])OCC[N+](C)(C)C)NC(=O)CCCCCCCCCCCC/C=C\C/C=C\C/C=C\CCCCCCC. The van der Waals surface area contributed by atoms with Crippen LogP contribution in [-0.4, -0.2) is 68.5 Å². The Kier molecular flexibility index (Phi) is 35.1. The number of carbonyl (C=O) groups is 1. The van der Waals surface area contributed by atoms with E-state index in [4.69, 9.17) is 9.05 Å². The van der Waals surface area contributed by atoms with Crippen molar-refractivity contribution in [2.75, 3.05) is 40.9 Å². The number of nitrogens with one attached hydrogen (secondary N) is 1. The molecule has 0 aliphatic rings. The normalized spacial score (nSPS) is 14.9. The summed E-state index contributed by atoms with van der Waals surface area (Å²) in [5.41, 5.74) is 0. The zero-order valence-electron chi connectivity index (χ0n) is 35.0. The summed E-state index contributed by atoms with van der Waals surface area (Å²) < 4.78 is 23.0. The first-order valence-electron chi connectivity index (χ1n) is 21.5. The highest BCUT2D eigenvalue weighted by atomic mass is 31.2. The molecular formula is C44H83N2O6P. The maximum Gasteiger partial charge on any atom is 0.268 e. The molecule has 2 N–H and O–H groups in total. The van der Waals surface area contributed by atoms with Gasteiger partial charge in [0.25, 0.3) is 7.82 Å². The van der Waals surface area contributed by atoms with Gasteiger partial charge in [-0.3, -0.25) is 9.36 Å². The molecule has 310 valence electrons. The van der Waals surface area contributed by atoms with Crippen LogP contribution in [0.3, 0.4) is 0 Å². The van der Waals surface area contributed by atoms with Crippen LogP contribution < -0.4 is 10.2 Å². The molecule has 3 unspecified atom stereocenters. The molecule has 0 bridgehead atoms. The summed E-state index contributed by atoms with van der Waals surface area (Å²) in [5.74, 6) is -0.210. The number of nitrogens with zero attached hydrogens (tertiary/aromatic N) is 1. The van der Waals surface area contributed by atoms with Gasteiger partial charge in [-0.2, -0.15) is 0 Å². The summed E-state index contributed by atoms with van der Waals surface area (Å²) in [6, 6.07) is -0.885. The molecule has 0 aliphatic carbocycles. The maximum absolute atomic E-state index is 12.8. The molecule has 9 heteroatoms. The Balaban J connectivity index is 4.11. The van der Waals surface area contributed by atoms with E-state index in [-0.39, 0.29) is 19.1 Å². The molecule has 0 radical (unpaired) electrons. The highest BCUT2D eigenvalue weighted by molar-refractivity contribution is 7.45. The fourth-order valence-corrected chi connectivity index (χ4v) is 6.53. The van der Waals surface area contributed by atoms with Crippen LogP contribution in [0.15, 0.2) is 48.6 Å². The average molecular weight is 767 g/mol. The number of amides is 1. The lowest BCUT2D eigenvalue weighted by molar-refractivity contribution is -0.870. The minimum atomic E-state index is -4.57. The number of carbonyl (C=O) groups excluding carboxylic acids is 1. The van der Waals surface area contributed by atoms with Crippen LogP contribution in [0, 0.1) is 0 Å². The van der Waals surface area contributed by atoms with E-state index in [9.17, 15) is 19.4 Å². The Bertz CT molecular complexity index is 1010. The van der Waals surface area contributed by atoms with Crippen molar-refractivity contribution in [2.45, 2.75) is 187 Å². The molecule has 3 atom stereocenters. The van der Waals surface area contributed by atoms with Crippen molar-refractivity contribution in [2.24, 2.45) is 0 Å². The molecule has 0 aromatic heterocycles. The van der Waals surface area contributed by atoms with Gasteiger partial charge in [0.2, 0.25) is 5.91 Å². The molecule has 0 saturated carbocycles. The van der Waals surface area contributed by atoms with Crippen LogP contribution in [0.5, 0.6) is 0 Å². The van der Waals surface area contributed by atoms with Gasteiger partial charge < -0.3 is 28.8 Å². The molecule has 0 spiro atoms. The molecule has 0 aliphatic heterocycles. The van der Waals surface area contributed by atoms with Crippen molar-refractivity contribution >= 4 is 13.7 Å². The third-order valence-electron chi connectivity index (χ3n) is 9.28. The molecule has 1 amide bonds. The van der Waals surface area contributed by atoms with Gasteiger partial charge in [-0.25, -0.2) is 0 Å². The Morgan fingerprint density at radius 2 is 1.09 bits per heavy atom. The molecular weight excluding hydrogens is 683 g/mol. The third kappa shape index (κ3) is 38.5. The van der Waals surface area contributed by atoms with Gasteiger partial charge in [0.05, 0.1) is 39.9 Å². The zero-order valence-corrected chi connectivity index (χ0v) is 35.8. The van der Waals surface area contributed by atoms with Gasteiger partial charge in [0, 0.05) is 6.42 Å². The van der Waals surface area contributed by atoms with E-state index in [0.29, 0.717) is 17.4 Å². The van der Waals surface area contributed by atoms with E-state index in [2.05, 4.69) is 55.6 Å². The quantitative estimate of drug-likeness (QED) is 0.0280. The van der Waals surface area contributed by atoms with Gasteiger partial charge in [-0.1, -0.05) is 159 Å². The topological polar surface area (TPSA) is 108 Å². The Hall–Kier alpha value is -1.54. The number of hydrogen-bond acceptors (Lipinski definition) is 6. The van der Waals surface area contributed by atoms with Gasteiger partial charge in [0.1, 0.15) is 13.2 Å². The number of phosphoric ester groups is 1. The minimum absolute atomic E-state index is 0.00406. The Morgan fingerprint density at radius 3 is 1.60 bits per heavy atom. The van der Waals surface area contributed by atoms with Crippen LogP contribution in [-0.2, 0) is 18.4 Å². The van der Waals surface area contributed by atoms with Crippen molar-refractivity contribution < 1.29 is 32.9 Å². The van der Waals surface area contributed by atoms with Gasteiger partial charge in [-0.15, -0.1) is 0 Å². The summed E-state index contributed by atoms with van der Waals surface area (Å²) in [5, 5.41) is 13.6. The molecule has 0 aromatic carbocycles. The summed E-state index contributed by atoms with van der Waals surface area (Å²) >= 11 is 0. The first kappa shape index (κ1) is 51.5. The summed E-state index contributed by atoms with van der Waals surface area (Å²) in [6.07, 6.45) is 44.8. The number of rotatable bonds is 38. The number of aliphatic hydroxyl groups excluding tert-OH is 1. The van der Waals surface area contributed by atoms with Gasteiger partial charge in [-0.05, 0) is 57.8 Å². The lowest BCUT2D eigenvalue weighted by Gasteiger charge is -2.29. The second kappa shape index (κ2) is 36.1. The van der Waals surface area contributed by atoms with E-state index in [0.717, 1.165) is 57.8 Å². The molecule has 0 heterocycles. The van der Waals surface area contributed by atoms with E-state index >= 15 is 0 Å². The molecule has 0 rings (SSSR count). The molecule has 0 fully saturated rings. The number of allylic oxidation sites excluding steroid dienone is 7. The first-order chi connectivity index (χ1) is 25.5. The fraction of sp³-hybridized carbons (Fsp3) is 0.795. The number of aliphatic hydroxyl groups is 1. The molecule has 53 heavy (non-hydrogen) atoms. The highest BCUT2D eigenvalue weighted by Gasteiger charge is 2.23. The number of phosphoric acid groups is 1. The fourth-order valence-electron chi connectivity index (χ4n) is 5.80. The van der Waals surface area contributed by atoms with Crippen molar-refractivity contribution in [1.82, 2.24) is 5.32 Å². The summed E-state index contributed by atoms with van der Waals surface area (Å²) in [6.45, 7) is 4.53.